The van der Waals surface area contributed by atoms with Gasteiger partial charge in [-0.1, -0.05) is 121 Å². The van der Waals surface area contributed by atoms with Crippen LogP contribution in [0.5, 0.6) is 0 Å². The molecule has 0 N–H and O–H groups in total. The first kappa shape index (κ1) is 29.3. The number of fused-ring (bicyclic) bond motifs is 3. The Labute approximate surface area is 289 Å². The molecule has 0 aliphatic rings. The van der Waals surface area contributed by atoms with Gasteiger partial charge in [0.2, 0.25) is 0 Å². The summed E-state index contributed by atoms with van der Waals surface area (Å²) < 4.78 is 0. The number of aromatic nitrogens is 5. The standard InChI is InChI=1S/C45H29N5/c1-2-10-32(11-3-1)37-28-41(48-40-25-24-33-12-4-5-13-36(33)44(37)40)34-20-16-30(17-21-34)31-18-22-35(23-19-31)45-49-42(38-14-6-8-26-46-38)29-43(50-45)39-15-7-9-27-47-39/h1-29H. The molecule has 4 aromatic heterocycles. The molecule has 9 rings (SSSR count). The highest BCUT2D eigenvalue weighted by atomic mass is 14.9. The normalized spacial score (nSPS) is 11.2. The van der Waals surface area contributed by atoms with E-state index in [0.717, 1.165) is 56.2 Å². The molecule has 5 aromatic carbocycles. The van der Waals surface area contributed by atoms with Crippen molar-refractivity contribution in [2.75, 3.05) is 0 Å². The zero-order valence-corrected chi connectivity index (χ0v) is 27.0. The average molecular weight is 640 g/mol. The van der Waals surface area contributed by atoms with E-state index in [9.17, 15) is 0 Å². The van der Waals surface area contributed by atoms with Crippen LogP contribution < -0.4 is 0 Å². The van der Waals surface area contributed by atoms with Crippen molar-refractivity contribution in [2.45, 2.75) is 0 Å². The van der Waals surface area contributed by atoms with Crippen LogP contribution in [0.25, 0.3) is 89.4 Å². The van der Waals surface area contributed by atoms with Gasteiger partial charge < -0.3 is 0 Å². The van der Waals surface area contributed by atoms with E-state index in [4.69, 9.17) is 15.0 Å². The van der Waals surface area contributed by atoms with Crippen molar-refractivity contribution in [3.05, 3.63) is 176 Å². The SMILES string of the molecule is c1ccc(-c2cc(-c3ccc(-c4ccc(-c5nc(-c6ccccn6)cc(-c6ccccn6)n5)cc4)cc3)nc3ccc4ccccc4c23)cc1. The average Bonchev–Trinajstić information content (AvgIpc) is 3.21. The van der Waals surface area contributed by atoms with Gasteiger partial charge in [-0.15, -0.1) is 0 Å². The van der Waals surface area contributed by atoms with Crippen LogP contribution in [0.15, 0.2) is 176 Å². The predicted octanol–water partition coefficient (Wildman–Crippen LogP) is 11.0. The van der Waals surface area contributed by atoms with Crippen LogP contribution in [-0.2, 0) is 0 Å². The van der Waals surface area contributed by atoms with Gasteiger partial charge in [0.25, 0.3) is 0 Å². The maximum atomic E-state index is 5.16. The van der Waals surface area contributed by atoms with E-state index in [1.165, 1.54) is 27.3 Å². The molecule has 0 saturated carbocycles. The van der Waals surface area contributed by atoms with Gasteiger partial charge in [-0.25, -0.2) is 15.0 Å². The minimum absolute atomic E-state index is 0.625. The third-order valence-corrected chi connectivity index (χ3v) is 9.02. The zero-order valence-electron chi connectivity index (χ0n) is 27.0. The fourth-order valence-corrected chi connectivity index (χ4v) is 6.51. The van der Waals surface area contributed by atoms with Crippen molar-refractivity contribution in [2.24, 2.45) is 0 Å². The van der Waals surface area contributed by atoms with E-state index in [2.05, 4.69) is 131 Å². The van der Waals surface area contributed by atoms with E-state index in [0.29, 0.717) is 5.82 Å². The summed E-state index contributed by atoms with van der Waals surface area (Å²) in [4.78, 5) is 24.0. The molecule has 4 heterocycles. The predicted molar refractivity (Wildman–Crippen MR) is 203 cm³/mol. The van der Waals surface area contributed by atoms with E-state index >= 15 is 0 Å². The Balaban J connectivity index is 1.06. The lowest BCUT2D eigenvalue weighted by molar-refractivity contribution is 1.15. The van der Waals surface area contributed by atoms with E-state index in [1.54, 1.807) is 12.4 Å². The summed E-state index contributed by atoms with van der Waals surface area (Å²) in [6, 6.07) is 56.3. The molecule has 50 heavy (non-hydrogen) atoms. The second kappa shape index (κ2) is 12.6. The quantitative estimate of drug-likeness (QED) is 0.169. The van der Waals surface area contributed by atoms with Gasteiger partial charge in [-0.05, 0) is 75.5 Å². The van der Waals surface area contributed by atoms with E-state index in [-0.39, 0.29) is 0 Å². The first-order valence-corrected chi connectivity index (χ1v) is 16.6. The number of nitrogens with zero attached hydrogens (tertiary/aromatic N) is 5. The molecule has 0 spiro atoms. The largest absolute Gasteiger partial charge is 0.255 e. The van der Waals surface area contributed by atoms with Crippen LogP contribution >= 0.6 is 0 Å². The lowest BCUT2D eigenvalue weighted by Gasteiger charge is -2.13. The first-order chi connectivity index (χ1) is 24.8. The molecular formula is C45H29N5. The van der Waals surface area contributed by atoms with Crippen molar-refractivity contribution in [3.63, 3.8) is 0 Å². The van der Waals surface area contributed by atoms with Crippen molar-refractivity contribution in [1.29, 1.82) is 0 Å². The summed E-state index contributed by atoms with van der Waals surface area (Å²) in [6.07, 6.45) is 3.55. The van der Waals surface area contributed by atoms with Gasteiger partial charge in [0.05, 0.1) is 34.0 Å². The van der Waals surface area contributed by atoms with Crippen molar-refractivity contribution in [1.82, 2.24) is 24.9 Å². The Kier molecular flexibility index (Phi) is 7.41. The monoisotopic (exact) mass is 639 g/mol. The summed E-state index contributed by atoms with van der Waals surface area (Å²) in [6.45, 7) is 0. The number of pyridine rings is 3. The Hall–Kier alpha value is -6.85. The summed E-state index contributed by atoms with van der Waals surface area (Å²) >= 11 is 0. The van der Waals surface area contributed by atoms with Crippen LogP contribution in [0.4, 0.5) is 0 Å². The third kappa shape index (κ3) is 5.57. The highest BCUT2D eigenvalue weighted by molar-refractivity contribution is 6.13. The molecule has 234 valence electrons. The van der Waals surface area contributed by atoms with Crippen LogP contribution in [0, 0.1) is 0 Å². The smallest absolute Gasteiger partial charge is 0.160 e. The highest BCUT2D eigenvalue weighted by Gasteiger charge is 2.14. The van der Waals surface area contributed by atoms with Crippen LogP contribution in [0.2, 0.25) is 0 Å². The zero-order chi connectivity index (χ0) is 33.3. The summed E-state index contributed by atoms with van der Waals surface area (Å²) in [5, 5.41) is 3.60. The lowest BCUT2D eigenvalue weighted by atomic mass is 9.94. The lowest BCUT2D eigenvalue weighted by Crippen LogP contribution is -1.97. The summed E-state index contributed by atoms with van der Waals surface area (Å²) in [7, 11) is 0. The highest BCUT2D eigenvalue weighted by Crippen LogP contribution is 2.37. The maximum Gasteiger partial charge on any atom is 0.160 e. The van der Waals surface area contributed by atoms with Crippen molar-refractivity contribution in [3.8, 4) is 67.7 Å². The second-order valence-electron chi connectivity index (χ2n) is 12.1. The Morgan fingerprint density at radius 1 is 0.340 bits per heavy atom. The molecular weight excluding hydrogens is 611 g/mol. The Bertz CT molecular complexity index is 2550. The molecule has 0 amide bonds. The molecule has 5 heteroatoms. The summed E-state index contributed by atoms with van der Waals surface area (Å²) in [5.74, 6) is 0.625. The molecule has 0 aliphatic heterocycles. The second-order valence-corrected chi connectivity index (χ2v) is 12.1. The van der Waals surface area contributed by atoms with E-state index < -0.39 is 0 Å². The van der Waals surface area contributed by atoms with Gasteiger partial charge in [0.1, 0.15) is 0 Å². The topological polar surface area (TPSA) is 64.5 Å². The molecule has 5 nitrogen and oxygen atoms in total. The molecule has 0 fully saturated rings. The van der Waals surface area contributed by atoms with Crippen LogP contribution in [0.3, 0.4) is 0 Å². The maximum absolute atomic E-state index is 5.16. The summed E-state index contributed by atoms with van der Waals surface area (Å²) in [5.41, 5.74) is 11.6. The van der Waals surface area contributed by atoms with Gasteiger partial charge in [0, 0.05) is 28.9 Å². The molecule has 0 saturated heterocycles. The number of benzene rings is 5. The molecule has 0 aliphatic carbocycles. The third-order valence-electron chi connectivity index (χ3n) is 9.02. The molecule has 0 bridgehead atoms. The minimum Gasteiger partial charge on any atom is -0.255 e. The molecule has 0 unspecified atom stereocenters. The molecule has 0 atom stereocenters. The van der Waals surface area contributed by atoms with Crippen LogP contribution in [-0.4, -0.2) is 24.9 Å². The Morgan fingerprint density at radius 2 is 0.920 bits per heavy atom. The number of hydrogen-bond acceptors (Lipinski definition) is 5. The first-order valence-electron chi connectivity index (χ1n) is 16.6. The van der Waals surface area contributed by atoms with Crippen LogP contribution in [0.1, 0.15) is 0 Å². The van der Waals surface area contributed by atoms with Crippen molar-refractivity contribution < 1.29 is 0 Å². The van der Waals surface area contributed by atoms with Gasteiger partial charge in [-0.2, -0.15) is 0 Å². The van der Waals surface area contributed by atoms with E-state index in [1.807, 2.05) is 42.5 Å². The molecule has 0 radical (unpaired) electrons. The van der Waals surface area contributed by atoms with Gasteiger partial charge in [0.15, 0.2) is 5.82 Å². The number of hydrogen-bond donors (Lipinski definition) is 0. The fourth-order valence-electron chi connectivity index (χ4n) is 6.51. The number of rotatable bonds is 6. The molecule has 9 aromatic rings. The Morgan fingerprint density at radius 3 is 1.56 bits per heavy atom. The van der Waals surface area contributed by atoms with Crippen molar-refractivity contribution >= 4 is 21.7 Å². The minimum atomic E-state index is 0.625. The van der Waals surface area contributed by atoms with Gasteiger partial charge >= 0.3 is 0 Å². The van der Waals surface area contributed by atoms with Gasteiger partial charge in [-0.3, -0.25) is 9.97 Å². The fraction of sp³-hybridized carbons (Fsp3) is 0.